The molecule has 6 nitrogen and oxygen atoms in total. The molecule has 2 aliphatic heterocycles. The molecule has 1 aromatic carbocycles. The summed E-state index contributed by atoms with van der Waals surface area (Å²) >= 11 is 0. The number of benzene rings is 1. The number of rotatable bonds is 4. The number of nitrogens with one attached hydrogen (secondary N) is 3. The summed E-state index contributed by atoms with van der Waals surface area (Å²) in [5.74, 6) is 1.01. The van der Waals surface area contributed by atoms with Gasteiger partial charge in [0.2, 0.25) is 0 Å². The normalized spacial score (nSPS) is 16.4. The second-order valence-corrected chi connectivity index (χ2v) is 7.02. The first-order valence-corrected chi connectivity index (χ1v) is 9.49. The van der Waals surface area contributed by atoms with Gasteiger partial charge >= 0.3 is 6.03 Å². The van der Waals surface area contributed by atoms with Gasteiger partial charge in [-0.15, -0.1) is 0 Å². The van der Waals surface area contributed by atoms with E-state index in [4.69, 9.17) is 4.99 Å². The molecule has 0 atom stereocenters. The van der Waals surface area contributed by atoms with Crippen LogP contribution in [0.5, 0.6) is 0 Å². The van der Waals surface area contributed by atoms with E-state index in [1.165, 1.54) is 5.57 Å². The molecule has 4 rings (SSSR count). The van der Waals surface area contributed by atoms with Crippen LogP contribution in [0.1, 0.15) is 25.7 Å². The molecule has 6 heteroatoms. The van der Waals surface area contributed by atoms with Crippen molar-refractivity contribution in [1.82, 2.24) is 15.2 Å². The van der Waals surface area contributed by atoms with Gasteiger partial charge in [0.1, 0.15) is 5.82 Å². The molecule has 2 aromatic rings. The van der Waals surface area contributed by atoms with Crippen molar-refractivity contribution in [3.63, 3.8) is 0 Å². The maximum Gasteiger partial charge on any atom is 0.319 e. The molecular weight excluding hydrogens is 338 g/mol. The van der Waals surface area contributed by atoms with Gasteiger partial charge in [0, 0.05) is 61.5 Å². The molecule has 0 saturated heterocycles. The molecule has 27 heavy (non-hydrogen) atoms. The number of aryl methyl sites for hydroxylation is 1. The number of carbonyl (C=O) groups excluding carboxylic acids is 1. The number of allylic oxidation sites excluding steroid dienone is 3. The van der Waals surface area contributed by atoms with Gasteiger partial charge in [-0.25, -0.2) is 9.79 Å². The van der Waals surface area contributed by atoms with Crippen molar-refractivity contribution in [2.24, 2.45) is 12.0 Å². The molecule has 0 bridgehead atoms. The van der Waals surface area contributed by atoms with Crippen LogP contribution in [0, 0.1) is 0 Å². The summed E-state index contributed by atoms with van der Waals surface area (Å²) in [5.41, 5.74) is 4.32. The van der Waals surface area contributed by atoms with Gasteiger partial charge in [-0.05, 0) is 42.7 Å². The second-order valence-electron chi connectivity index (χ2n) is 7.02. The smallest absolute Gasteiger partial charge is 0.319 e. The highest BCUT2D eigenvalue weighted by Gasteiger charge is 2.13. The summed E-state index contributed by atoms with van der Waals surface area (Å²) in [5, 5.41) is 10.3. The molecule has 0 radical (unpaired) electrons. The molecule has 0 fully saturated rings. The molecule has 1 aromatic heterocycles. The van der Waals surface area contributed by atoms with Crippen LogP contribution < -0.4 is 16.0 Å². The average Bonchev–Trinajstić information content (AvgIpc) is 2.90. The highest BCUT2D eigenvalue weighted by molar-refractivity contribution is 5.93. The number of aliphatic imine (C=N–C) groups is 1. The Kier molecular flexibility index (Phi) is 4.96. The van der Waals surface area contributed by atoms with Gasteiger partial charge in [-0.1, -0.05) is 12.2 Å². The van der Waals surface area contributed by atoms with Gasteiger partial charge < -0.3 is 20.5 Å². The van der Waals surface area contributed by atoms with Gasteiger partial charge in [-0.3, -0.25) is 0 Å². The fourth-order valence-corrected chi connectivity index (χ4v) is 3.55. The fourth-order valence-electron chi connectivity index (χ4n) is 3.55. The summed E-state index contributed by atoms with van der Waals surface area (Å²) < 4.78 is 2.06. The van der Waals surface area contributed by atoms with Crippen molar-refractivity contribution >= 4 is 28.3 Å². The SMILES string of the molecule is Cn1ccc2cc(NC(=O)NCCC3=NC4=C(C=CC3)CCCN4)ccc21. The van der Waals surface area contributed by atoms with E-state index in [1.54, 1.807) is 0 Å². The maximum atomic E-state index is 12.2. The van der Waals surface area contributed by atoms with E-state index in [9.17, 15) is 4.79 Å². The standard InChI is InChI=1S/C21H25N5O/c1-26-13-10-16-14-18(7-8-19(16)26)25-21(27)23-12-9-17-6-2-4-15-5-3-11-22-20(15)24-17/h2,4,7-8,10,13-14,22H,3,5-6,9,11-12H2,1H3,(H2,23,25,27). The summed E-state index contributed by atoms with van der Waals surface area (Å²) in [4.78, 5) is 17.0. The van der Waals surface area contributed by atoms with E-state index in [0.29, 0.717) is 6.54 Å². The quantitative estimate of drug-likeness (QED) is 0.775. The summed E-state index contributed by atoms with van der Waals surface area (Å²) in [6.07, 6.45) is 10.2. The van der Waals surface area contributed by atoms with Crippen LogP contribution in [0.3, 0.4) is 0 Å². The van der Waals surface area contributed by atoms with E-state index in [-0.39, 0.29) is 6.03 Å². The topological polar surface area (TPSA) is 70.5 Å². The molecule has 0 saturated carbocycles. The van der Waals surface area contributed by atoms with Crippen LogP contribution >= 0.6 is 0 Å². The number of nitrogens with zero attached hydrogens (tertiary/aromatic N) is 2. The van der Waals surface area contributed by atoms with Gasteiger partial charge in [-0.2, -0.15) is 0 Å². The molecular formula is C21H25N5O. The van der Waals surface area contributed by atoms with Crippen molar-refractivity contribution in [2.75, 3.05) is 18.4 Å². The van der Waals surface area contributed by atoms with Crippen LogP contribution in [0.2, 0.25) is 0 Å². The highest BCUT2D eigenvalue weighted by atomic mass is 16.2. The van der Waals surface area contributed by atoms with E-state index in [0.717, 1.165) is 60.4 Å². The van der Waals surface area contributed by atoms with Gasteiger partial charge in [0.05, 0.1) is 0 Å². The molecule has 140 valence electrons. The minimum atomic E-state index is -0.189. The number of amides is 2. The Morgan fingerprint density at radius 3 is 3.19 bits per heavy atom. The zero-order valence-electron chi connectivity index (χ0n) is 15.6. The Hall–Kier alpha value is -3.02. The number of anilines is 1. The average molecular weight is 363 g/mol. The summed E-state index contributed by atoms with van der Waals surface area (Å²) in [6, 6.07) is 7.77. The first-order chi connectivity index (χ1) is 13.2. The lowest BCUT2D eigenvalue weighted by Crippen LogP contribution is -2.30. The highest BCUT2D eigenvalue weighted by Crippen LogP contribution is 2.21. The van der Waals surface area contributed by atoms with E-state index in [2.05, 4.69) is 32.7 Å². The zero-order valence-corrected chi connectivity index (χ0v) is 15.6. The van der Waals surface area contributed by atoms with E-state index in [1.807, 2.05) is 37.5 Å². The summed E-state index contributed by atoms with van der Waals surface area (Å²) in [6.45, 7) is 1.55. The number of hydrogen-bond donors (Lipinski definition) is 3. The van der Waals surface area contributed by atoms with Crippen molar-refractivity contribution in [2.45, 2.75) is 25.7 Å². The van der Waals surface area contributed by atoms with Crippen LogP contribution in [0.25, 0.3) is 10.9 Å². The van der Waals surface area contributed by atoms with Crippen molar-refractivity contribution in [3.8, 4) is 0 Å². The molecule has 3 heterocycles. The van der Waals surface area contributed by atoms with Crippen LogP contribution in [0.15, 0.2) is 59.0 Å². The minimum Gasteiger partial charge on any atom is -0.370 e. The number of urea groups is 1. The lowest BCUT2D eigenvalue weighted by molar-refractivity contribution is 0.252. The van der Waals surface area contributed by atoms with Gasteiger partial charge in [0.25, 0.3) is 0 Å². The lowest BCUT2D eigenvalue weighted by atomic mass is 10.1. The lowest BCUT2D eigenvalue weighted by Gasteiger charge is -2.16. The van der Waals surface area contributed by atoms with Crippen molar-refractivity contribution in [3.05, 3.63) is 54.0 Å². The first-order valence-electron chi connectivity index (χ1n) is 9.49. The molecule has 3 N–H and O–H groups in total. The molecule has 2 amide bonds. The van der Waals surface area contributed by atoms with Crippen LogP contribution in [0.4, 0.5) is 10.5 Å². The molecule has 0 aliphatic carbocycles. The Bertz CT molecular complexity index is 951. The van der Waals surface area contributed by atoms with E-state index >= 15 is 0 Å². The second kappa shape index (κ2) is 7.70. The zero-order chi connectivity index (χ0) is 18.6. The third kappa shape index (κ3) is 4.05. The number of hydrogen-bond acceptors (Lipinski definition) is 3. The third-order valence-electron chi connectivity index (χ3n) is 5.00. The molecule has 0 spiro atoms. The monoisotopic (exact) mass is 363 g/mol. The maximum absolute atomic E-state index is 12.2. The number of carbonyl (C=O) groups is 1. The molecule has 2 aliphatic rings. The van der Waals surface area contributed by atoms with Crippen molar-refractivity contribution < 1.29 is 4.79 Å². The Morgan fingerprint density at radius 2 is 2.26 bits per heavy atom. The largest absolute Gasteiger partial charge is 0.370 e. The fraction of sp³-hybridized carbons (Fsp3) is 0.333. The number of fused-ring (bicyclic) bond motifs is 1. The predicted molar refractivity (Wildman–Crippen MR) is 110 cm³/mol. The van der Waals surface area contributed by atoms with E-state index < -0.39 is 0 Å². The predicted octanol–water partition coefficient (Wildman–Crippen LogP) is 3.69. The Morgan fingerprint density at radius 1 is 1.33 bits per heavy atom. The van der Waals surface area contributed by atoms with Gasteiger partial charge in [0.15, 0.2) is 0 Å². The first kappa shape index (κ1) is 17.4. The Balaban J connectivity index is 1.30. The number of aromatic nitrogens is 1. The van der Waals surface area contributed by atoms with Crippen molar-refractivity contribution in [1.29, 1.82) is 0 Å². The Labute approximate surface area is 159 Å². The summed E-state index contributed by atoms with van der Waals surface area (Å²) in [7, 11) is 2.01. The minimum absolute atomic E-state index is 0.189. The third-order valence-corrected chi connectivity index (χ3v) is 5.00. The molecule has 0 unspecified atom stereocenters. The van der Waals surface area contributed by atoms with Crippen LogP contribution in [-0.2, 0) is 7.05 Å². The van der Waals surface area contributed by atoms with Crippen LogP contribution in [-0.4, -0.2) is 29.4 Å².